The third-order valence-electron chi connectivity index (χ3n) is 4.03. The predicted molar refractivity (Wildman–Crippen MR) is 78.8 cm³/mol. The molecule has 0 bridgehead atoms. The minimum absolute atomic E-state index is 0.453. The Bertz CT molecular complexity index is 342. The first kappa shape index (κ1) is 13.5. The molecule has 0 saturated heterocycles. The van der Waals surface area contributed by atoms with Crippen LogP contribution in [0, 0.1) is 17.3 Å². The van der Waals surface area contributed by atoms with Crippen molar-refractivity contribution in [2.75, 3.05) is 0 Å². The van der Waals surface area contributed by atoms with E-state index in [2.05, 4.69) is 47.1 Å². The number of thiazole rings is 1. The zero-order chi connectivity index (χ0) is 12.5. The molecule has 0 spiro atoms. The largest absolute Gasteiger partial charge is 0.250 e. The van der Waals surface area contributed by atoms with E-state index in [4.69, 9.17) is 0 Å². The van der Waals surface area contributed by atoms with E-state index in [0.29, 0.717) is 10.2 Å². The minimum Gasteiger partial charge on any atom is -0.250 e. The average Bonchev–Trinajstić information content (AvgIpc) is 2.72. The SMILES string of the molecule is CC(C)(C)C1CCC(Br)C(Cc2nccs2)C1. The maximum atomic E-state index is 4.43. The van der Waals surface area contributed by atoms with Gasteiger partial charge in [0, 0.05) is 22.8 Å². The Labute approximate surface area is 117 Å². The molecule has 3 atom stereocenters. The average molecular weight is 316 g/mol. The van der Waals surface area contributed by atoms with Crippen LogP contribution < -0.4 is 0 Å². The summed E-state index contributed by atoms with van der Waals surface area (Å²) >= 11 is 5.67. The van der Waals surface area contributed by atoms with Crippen LogP contribution in [0.4, 0.5) is 0 Å². The molecule has 1 aliphatic rings. The van der Waals surface area contributed by atoms with Crippen molar-refractivity contribution in [3.63, 3.8) is 0 Å². The summed E-state index contributed by atoms with van der Waals surface area (Å²) in [5.41, 5.74) is 0.453. The molecule has 1 heterocycles. The van der Waals surface area contributed by atoms with Gasteiger partial charge in [-0.15, -0.1) is 11.3 Å². The third kappa shape index (κ3) is 3.54. The van der Waals surface area contributed by atoms with Gasteiger partial charge in [0.05, 0.1) is 5.01 Å². The molecule has 3 heteroatoms. The predicted octanol–water partition coefficient (Wildman–Crippen LogP) is 4.91. The topological polar surface area (TPSA) is 12.9 Å². The van der Waals surface area contributed by atoms with Crippen molar-refractivity contribution in [3.8, 4) is 0 Å². The van der Waals surface area contributed by atoms with Gasteiger partial charge in [-0.1, -0.05) is 36.7 Å². The van der Waals surface area contributed by atoms with Gasteiger partial charge < -0.3 is 0 Å². The van der Waals surface area contributed by atoms with E-state index in [1.807, 2.05) is 6.20 Å². The molecule has 1 aliphatic carbocycles. The van der Waals surface area contributed by atoms with Gasteiger partial charge in [-0.3, -0.25) is 0 Å². The molecule has 0 amide bonds. The Morgan fingerprint density at radius 2 is 2.18 bits per heavy atom. The van der Waals surface area contributed by atoms with Crippen molar-refractivity contribution in [2.45, 2.75) is 51.3 Å². The molecule has 1 fully saturated rings. The van der Waals surface area contributed by atoms with Crippen LogP contribution in [0.15, 0.2) is 11.6 Å². The highest BCUT2D eigenvalue weighted by molar-refractivity contribution is 9.09. The lowest BCUT2D eigenvalue weighted by Gasteiger charge is -2.40. The molecule has 0 radical (unpaired) electrons. The lowest BCUT2D eigenvalue weighted by molar-refractivity contribution is 0.146. The van der Waals surface area contributed by atoms with E-state index in [0.717, 1.165) is 18.3 Å². The molecule has 1 nitrogen and oxygen atoms in total. The lowest BCUT2D eigenvalue weighted by Crippen LogP contribution is -2.33. The summed E-state index contributed by atoms with van der Waals surface area (Å²) in [6.45, 7) is 7.14. The summed E-state index contributed by atoms with van der Waals surface area (Å²) in [5, 5.41) is 3.39. The fourth-order valence-electron chi connectivity index (χ4n) is 2.80. The van der Waals surface area contributed by atoms with Crippen molar-refractivity contribution in [2.24, 2.45) is 17.3 Å². The van der Waals surface area contributed by atoms with Gasteiger partial charge in [-0.25, -0.2) is 4.98 Å². The quantitative estimate of drug-likeness (QED) is 0.706. The fraction of sp³-hybridized carbons (Fsp3) is 0.786. The highest BCUT2D eigenvalue weighted by atomic mass is 79.9. The van der Waals surface area contributed by atoms with Crippen LogP contribution in [-0.4, -0.2) is 9.81 Å². The molecule has 3 unspecified atom stereocenters. The van der Waals surface area contributed by atoms with E-state index in [1.54, 1.807) is 11.3 Å². The van der Waals surface area contributed by atoms with Gasteiger partial charge in [0.2, 0.25) is 0 Å². The summed E-state index contributed by atoms with van der Waals surface area (Å²) in [7, 11) is 0. The molecule has 2 rings (SSSR count). The molecule has 17 heavy (non-hydrogen) atoms. The number of halogens is 1. The van der Waals surface area contributed by atoms with Crippen LogP contribution in [-0.2, 0) is 6.42 Å². The summed E-state index contributed by atoms with van der Waals surface area (Å²) in [6, 6.07) is 0. The maximum absolute atomic E-state index is 4.43. The van der Waals surface area contributed by atoms with Crippen molar-refractivity contribution < 1.29 is 0 Å². The van der Waals surface area contributed by atoms with Gasteiger partial charge in [0.1, 0.15) is 0 Å². The summed E-state index contributed by atoms with van der Waals surface area (Å²) in [6.07, 6.45) is 7.11. The smallest absolute Gasteiger partial charge is 0.0927 e. The fourth-order valence-corrected chi connectivity index (χ4v) is 4.18. The number of hydrogen-bond acceptors (Lipinski definition) is 2. The molecular weight excluding hydrogens is 294 g/mol. The van der Waals surface area contributed by atoms with Gasteiger partial charge in [0.15, 0.2) is 0 Å². The zero-order valence-corrected chi connectivity index (χ0v) is 13.4. The summed E-state index contributed by atoms with van der Waals surface area (Å²) in [4.78, 5) is 5.11. The van der Waals surface area contributed by atoms with E-state index in [9.17, 15) is 0 Å². The normalized spacial score (nSPS) is 30.5. The molecule has 0 N–H and O–H groups in total. The third-order valence-corrected chi connectivity index (χ3v) is 6.04. The van der Waals surface area contributed by atoms with E-state index in [-0.39, 0.29) is 0 Å². The van der Waals surface area contributed by atoms with Crippen molar-refractivity contribution in [1.29, 1.82) is 0 Å². The second-order valence-electron chi connectivity index (χ2n) is 6.28. The number of hydrogen-bond donors (Lipinski definition) is 0. The van der Waals surface area contributed by atoms with Crippen molar-refractivity contribution in [3.05, 3.63) is 16.6 Å². The van der Waals surface area contributed by atoms with Crippen molar-refractivity contribution in [1.82, 2.24) is 4.98 Å². The van der Waals surface area contributed by atoms with Gasteiger partial charge in [0.25, 0.3) is 0 Å². The molecule has 1 aromatic heterocycles. The monoisotopic (exact) mass is 315 g/mol. The molecule has 0 aliphatic heterocycles. The Hall–Kier alpha value is 0.110. The van der Waals surface area contributed by atoms with E-state index in [1.165, 1.54) is 24.3 Å². The molecule has 1 aromatic rings. The maximum Gasteiger partial charge on any atom is 0.0927 e. The van der Waals surface area contributed by atoms with Crippen LogP contribution in [0.2, 0.25) is 0 Å². The second-order valence-corrected chi connectivity index (χ2v) is 8.44. The summed E-state index contributed by atoms with van der Waals surface area (Å²) < 4.78 is 0. The Morgan fingerprint density at radius 1 is 1.41 bits per heavy atom. The van der Waals surface area contributed by atoms with E-state index >= 15 is 0 Å². The summed E-state index contributed by atoms with van der Waals surface area (Å²) in [5.74, 6) is 1.63. The van der Waals surface area contributed by atoms with Crippen LogP contribution in [0.1, 0.15) is 45.0 Å². The Kier molecular flexibility index (Phi) is 4.30. The standard InChI is InChI=1S/C14H22BrNS/c1-14(2,3)11-4-5-12(15)10(8-11)9-13-16-6-7-17-13/h6-7,10-12H,4-5,8-9H2,1-3H3. The Balaban J connectivity index is 2.00. The first-order valence-electron chi connectivity index (χ1n) is 6.49. The highest BCUT2D eigenvalue weighted by Crippen LogP contribution is 2.43. The molecule has 0 aromatic carbocycles. The van der Waals surface area contributed by atoms with Crippen LogP contribution >= 0.6 is 27.3 Å². The lowest BCUT2D eigenvalue weighted by atomic mass is 9.68. The minimum atomic E-state index is 0.453. The second kappa shape index (κ2) is 5.40. The first-order chi connectivity index (χ1) is 7.97. The first-order valence-corrected chi connectivity index (χ1v) is 8.29. The van der Waals surface area contributed by atoms with Crippen molar-refractivity contribution >= 4 is 27.3 Å². The number of aromatic nitrogens is 1. The zero-order valence-electron chi connectivity index (χ0n) is 10.9. The van der Waals surface area contributed by atoms with Gasteiger partial charge >= 0.3 is 0 Å². The number of alkyl halides is 1. The molecular formula is C14H22BrNS. The van der Waals surface area contributed by atoms with Crippen LogP contribution in [0.25, 0.3) is 0 Å². The highest BCUT2D eigenvalue weighted by Gasteiger charge is 2.35. The Morgan fingerprint density at radius 3 is 2.76 bits per heavy atom. The van der Waals surface area contributed by atoms with Gasteiger partial charge in [-0.05, 0) is 36.5 Å². The number of nitrogens with zero attached hydrogens (tertiary/aromatic N) is 1. The van der Waals surface area contributed by atoms with Crippen LogP contribution in [0.3, 0.4) is 0 Å². The van der Waals surface area contributed by atoms with E-state index < -0.39 is 0 Å². The van der Waals surface area contributed by atoms with Gasteiger partial charge in [-0.2, -0.15) is 0 Å². The molecule has 96 valence electrons. The molecule has 1 saturated carbocycles. The number of rotatable bonds is 2. The van der Waals surface area contributed by atoms with Crippen LogP contribution in [0.5, 0.6) is 0 Å².